The Morgan fingerprint density at radius 3 is 1.60 bits per heavy atom. The molecule has 0 saturated heterocycles. The van der Waals surface area contributed by atoms with Crippen LogP contribution in [0.3, 0.4) is 0 Å². The highest BCUT2D eigenvalue weighted by Gasteiger charge is 2.10. The van der Waals surface area contributed by atoms with E-state index in [1.807, 2.05) is 72.8 Å². The summed E-state index contributed by atoms with van der Waals surface area (Å²) in [7, 11) is 0. The fraction of sp³-hybridized carbons (Fsp3) is 0.0345. The van der Waals surface area contributed by atoms with Gasteiger partial charge in [-0.1, -0.05) is 77.8 Å². The number of hydrogen-bond acceptors (Lipinski definition) is 1. The van der Waals surface area contributed by atoms with E-state index in [-0.39, 0.29) is 5.75 Å². The number of aromatic hydroxyl groups is 1. The molecule has 0 unspecified atom stereocenters. The fourth-order valence-electron chi connectivity index (χ4n) is 3.18. The lowest BCUT2D eigenvalue weighted by Crippen LogP contribution is -1.90. The largest absolute Gasteiger partial charge is 0.508 e. The van der Waals surface area contributed by atoms with E-state index < -0.39 is 0 Å². The zero-order chi connectivity index (χ0) is 20.8. The first-order chi connectivity index (χ1) is 14.7. The van der Waals surface area contributed by atoms with Crippen molar-refractivity contribution < 1.29 is 5.11 Å². The molecule has 0 saturated carbocycles. The molecule has 0 aliphatic rings. The normalized spacial score (nSPS) is 9.77. The number of benzene rings is 4. The minimum absolute atomic E-state index is 0.207. The monoisotopic (exact) mass is 384 g/mol. The zero-order valence-corrected chi connectivity index (χ0v) is 16.7. The van der Waals surface area contributed by atoms with Crippen LogP contribution in [0.15, 0.2) is 97.1 Å². The Kier molecular flexibility index (Phi) is 5.66. The van der Waals surface area contributed by atoms with Gasteiger partial charge in [0.05, 0.1) is 0 Å². The number of hydrogen-bond donors (Lipinski definition) is 1. The van der Waals surface area contributed by atoms with E-state index >= 15 is 0 Å². The van der Waals surface area contributed by atoms with Crippen molar-refractivity contribution in [1.82, 2.24) is 0 Å². The Balaban J connectivity index is 1.83. The van der Waals surface area contributed by atoms with E-state index in [4.69, 9.17) is 0 Å². The van der Waals surface area contributed by atoms with Gasteiger partial charge >= 0.3 is 0 Å². The summed E-state index contributed by atoms with van der Waals surface area (Å²) < 4.78 is 0. The van der Waals surface area contributed by atoms with Gasteiger partial charge in [0.25, 0.3) is 0 Å². The zero-order valence-electron chi connectivity index (χ0n) is 16.7. The summed E-state index contributed by atoms with van der Waals surface area (Å²) in [4.78, 5) is 0. The molecule has 0 spiro atoms. The minimum atomic E-state index is 0.207. The van der Waals surface area contributed by atoms with Crippen LogP contribution in [0.2, 0.25) is 0 Å². The molecule has 1 nitrogen and oxygen atoms in total. The second kappa shape index (κ2) is 8.87. The second-order valence-electron chi connectivity index (χ2n) is 7.01. The van der Waals surface area contributed by atoms with Crippen LogP contribution in [0.1, 0.15) is 27.8 Å². The minimum Gasteiger partial charge on any atom is -0.508 e. The first-order valence-corrected chi connectivity index (χ1v) is 9.77. The molecule has 0 aliphatic carbocycles. The van der Waals surface area contributed by atoms with Gasteiger partial charge in [-0.15, -0.1) is 0 Å². The van der Waals surface area contributed by atoms with Gasteiger partial charge in [-0.2, -0.15) is 0 Å². The molecule has 4 aromatic carbocycles. The predicted octanol–water partition coefficient (Wildman–Crippen LogP) is 6.17. The molecule has 0 fully saturated rings. The molecular weight excluding hydrogens is 364 g/mol. The summed E-state index contributed by atoms with van der Waals surface area (Å²) in [5.41, 5.74) is 6.63. The van der Waals surface area contributed by atoms with E-state index in [0.717, 1.165) is 38.9 Å². The van der Waals surface area contributed by atoms with Crippen molar-refractivity contribution in [1.29, 1.82) is 0 Å². The molecule has 0 aliphatic heterocycles. The van der Waals surface area contributed by atoms with Gasteiger partial charge in [0.2, 0.25) is 0 Å². The van der Waals surface area contributed by atoms with Crippen molar-refractivity contribution in [3.63, 3.8) is 0 Å². The van der Waals surface area contributed by atoms with Gasteiger partial charge in [-0.3, -0.25) is 0 Å². The third kappa shape index (κ3) is 4.61. The third-order valence-electron chi connectivity index (χ3n) is 4.70. The Hall–Kier alpha value is -4.20. The topological polar surface area (TPSA) is 20.2 Å². The lowest BCUT2D eigenvalue weighted by Gasteiger charge is -2.10. The Morgan fingerprint density at radius 1 is 0.533 bits per heavy atom. The summed E-state index contributed by atoms with van der Waals surface area (Å²) >= 11 is 0. The van der Waals surface area contributed by atoms with Gasteiger partial charge in [-0.25, -0.2) is 0 Å². The van der Waals surface area contributed by atoms with Crippen molar-refractivity contribution >= 4 is 0 Å². The van der Waals surface area contributed by atoms with E-state index in [1.165, 1.54) is 0 Å². The maximum atomic E-state index is 10.2. The Bertz CT molecular complexity index is 1190. The van der Waals surface area contributed by atoms with Crippen LogP contribution < -0.4 is 0 Å². The number of aryl methyl sites for hydroxylation is 1. The molecule has 1 N–H and O–H groups in total. The number of phenolic OH excluding ortho intramolecular Hbond substituents is 1. The van der Waals surface area contributed by atoms with Gasteiger partial charge in [0.1, 0.15) is 5.75 Å². The van der Waals surface area contributed by atoms with Crippen LogP contribution in [-0.2, 0) is 0 Å². The SMILES string of the molecule is Cc1ccc(C#Cc2ccccc2)c(-c2cc(O)ccc2C#Cc2ccccc2)c1. The molecule has 4 aromatic rings. The summed E-state index contributed by atoms with van der Waals surface area (Å²) in [6, 6.07) is 31.3. The molecule has 1 heteroatoms. The van der Waals surface area contributed by atoms with Crippen LogP contribution in [0.4, 0.5) is 0 Å². The average Bonchev–Trinajstić information content (AvgIpc) is 2.79. The summed E-state index contributed by atoms with van der Waals surface area (Å²) in [6.45, 7) is 2.05. The lowest BCUT2D eigenvalue weighted by atomic mass is 9.93. The molecule has 0 heterocycles. The molecule has 0 amide bonds. The fourth-order valence-corrected chi connectivity index (χ4v) is 3.18. The maximum absolute atomic E-state index is 10.2. The van der Waals surface area contributed by atoms with E-state index in [2.05, 4.69) is 42.7 Å². The molecule has 0 radical (unpaired) electrons. The first-order valence-electron chi connectivity index (χ1n) is 9.77. The van der Waals surface area contributed by atoms with Gasteiger partial charge in [-0.05, 0) is 61.0 Å². The molecule has 30 heavy (non-hydrogen) atoms. The summed E-state index contributed by atoms with van der Waals surface area (Å²) in [5.74, 6) is 13.2. The van der Waals surface area contributed by atoms with E-state index in [0.29, 0.717) is 0 Å². The highest BCUT2D eigenvalue weighted by molar-refractivity contribution is 5.78. The standard InChI is InChI=1S/C29H20O/c1-22-12-15-25(16-13-23-8-4-2-5-9-23)28(20-22)29-21-27(30)19-18-26(29)17-14-24-10-6-3-7-11-24/h2-12,15,18-21,30H,1H3. The quantitative estimate of drug-likeness (QED) is 0.389. The highest BCUT2D eigenvalue weighted by Crippen LogP contribution is 2.30. The van der Waals surface area contributed by atoms with Crippen molar-refractivity contribution in [2.24, 2.45) is 0 Å². The molecule has 0 aromatic heterocycles. The average molecular weight is 384 g/mol. The number of rotatable bonds is 1. The smallest absolute Gasteiger partial charge is 0.116 e. The molecule has 4 rings (SSSR count). The second-order valence-corrected chi connectivity index (χ2v) is 7.01. The third-order valence-corrected chi connectivity index (χ3v) is 4.70. The van der Waals surface area contributed by atoms with Crippen molar-refractivity contribution in [2.45, 2.75) is 6.92 Å². The molecule has 0 bridgehead atoms. The predicted molar refractivity (Wildman–Crippen MR) is 123 cm³/mol. The Labute approximate surface area is 177 Å². The maximum Gasteiger partial charge on any atom is 0.116 e. The van der Waals surface area contributed by atoms with E-state index in [9.17, 15) is 5.11 Å². The van der Waals surface area contributed by atoms with Crippen LogP contribution >= 0.6 is 0 Å². The van der Waals surface area contributed by atoms with Gasteiger partial charge in [0, 0.05) is 27.8 Å². The molecular formula is C29H20O. The Morgan fingerprint density at radius 2 is 1.03 bits per heavy atom. The van der Waals surface area contributed by atoms with Gasteiger partial charge < -0.3 is 5.11 Å². The highest BCUT2D eigenvalue weighted by atomic mass is 16.3. The van der Waals surface area contributed by atoms with Crippen LogP contribution in [0.25, 0.3) is 11.1 Å². The van der Waals surface area contributed by atoms with Crippen LogP contribution in [0.5, 0.6) is 5.75 Å². The molecule has 142 valence electrons. The number of phenols is 1. The summed E-state index contributed by atoms with van der Waals surface area (Å²) in [5, 5.41) is 10.2. The van der Waals surface area contributed by atoms with E-state index in [1.54, 1.807) is 12.1 Å². The lowest BCUT2D eigenvalue weighted by molar-refractivity contribution is 0.475. The van der Waals surface area contributed by atoms with Crippen LogP contribution in [-0.4, -0.2) is 5.11 Å². The van der Waals surface area contributed by atoms with Crippen molar-refractivity contribution in [3.8, 4) is 40.6 Å². The summed E-state index contributed by atoms with van der Waals surface area (Å²) in [6.07, 6.45) is 0. The first kappa shape index (κ1) is 19.1. The van der Waals surface area contributed by atoms with Gasteiger partial charge in [0.15, 0.2) is 0 Å². The molecule has 0 atom stereocenters. The van der Waals surface area contributed by atoms with Crippen molar-refractivity contribution in [3.05, 3.63) is 125 Å². The van der Waals surface area contributed by atoms with Crippen molar-refractivity contribution in [2.75, 3.05) is 0 Å². The van der Waals surface area contributed by atoms with Crippen LogP contribution in [0, 0.1) is 30.6 Å².